The molecule has 3 heterocycles. The van der Waals surface area contributed by atoms with E-state index in [4.69, 9.17) is 19.4 Å². The minimum Gasteiger partial charge on any atom is -0.467 e. The van der Waals surface area contributed by atoms with Crippen LogP contribution in [0.4, 0.5) is 11.5 Å². The van der Waals surface area contributed by atoms with Gasteiger partial charge in [0.1, 0.15) is 5.82 Å². The second-order valence-electron chi connectivity index (χ2n) is 9.77. The van der Waals surface area contributed by atoms with Crippen molar-refractivity contribution in [1.82, 2.24) is 9.97 Å². The normalized spacial score (nSPS) is 23.4. The number of hydrogen-bond acceptors (Lipinski definition) is 6. The predicted octanol–water partition coefficient (Wildman–Crippen LogP) is 4.87. The largest absolute Gasteiger partial charge is 0.467 e. The molecule has 0 N–H and O–H groups in total. The molecule has 6 nitrogen and oxygen atoms in total. The molecule has 0 amide bonds. The van der Waals surface area contributed by atoms with Gasteiger partial charge in [-0.1, -0.05) is 26.0 Å². The number of fused-ring (bicyclic) bond motifs is 1. The van der Waals surface area contributed by atoms with E-state index in [9.17, 15) is 0 Å². The lowest BCUT2D eigenvalue weighted by molar-refractivity contribution is 0.0611. The number of rotatable bonds is 5. The lowest BCUT2D eigenvalue weighted by Crippen LogP contribution is -2.50. The zero-order chi connectivity index (χ0) is 23.0. The number of anilines is 2. The summed E-state index contributed by atoms with van der Waals surface area (Å²) >= 11 is 0. The molecule has 1 aromatic carbocycles. The molecule has 32 heavy (non-hydrogen) atoms. The molecule has 0 aliphatic carbocycles. The fourth-order valence-corrected chi connectivity index (χ4v) is 5.34. The van der Waals surface area contributed by atoms with Gasteiger partial charge in [0.25, 0.3) is 0 Å². The molecule has 0 saturated carbocycles. The quantitative estimate of drug-likeness (QED) is 0.664. The number of ether oxygens (including phenoxy) is 2. The molecule has 1 saturated heterocycles. The van der Waals surface area contributed by atoms with Gasteiger partial charge < -0.3 is 19.3 Å². The van der Waals surface area contributed by atoms with Crippen LogP contribution in [0.3, 0.4) is 0 Å². The van der Waals surface area contributed by atoms with E-state index in [1.54, 1.807) is 7.11 Å². The van der Waals surface area contributed by atoms with Crippen molar-refractivity contribution in [3.8, 4) is 6.01 Å². The van der Waals surface area contributed by atoms with Crippen LogP contribution in [0.25, 0.3) is 0 Å². The highest BCUT2D eigenvalue weighted by Gasteiger charge is 2.35. The second kappa shape index (κ2) is 9.26. The third kappa shape index (κ3) is 4.29. The molecule has 0 unspecified atom stereocenters. The van der Waals surface area contributed by atoms with Crippen LogP contribution in [0.5, 0.6) is 6.01 Å². The maximum atomic E-state index is 5.70. The van der Waals surface area contributed by atoms with Crippen molar-refractivity contribution < 1.29 is 9.47 Å². The van der Waals surface area contributed by atoms with Gasteiger partial charge in [-0.05, 0) is 56.7 Å². The summed E-state index contributed by atoms with van der Waals surface area (Å²) in [5.74, 6) is 1.54. The monoisotopic (exact) mass is 438 g/mol. The Hall–Kier alpha value is -2.34. The van der Waals surface area contributed by atoms with Crippen LogP contribution in [0, 0.1) is 6.92 Å². The van der Waals surface area contributed by atoms with Crippen LogP contribution >= 0.6 is 0 Å². The summed E-state index contributed by atoms with van der Waals surface area (Å²) in [5, 5.41) is 0. The Balaban J connectivity index is 1.73. The Morgan fingerprint density at radius 3 is 2.41 bits per heavy atom. The molecule has 3 atom stereocenters. The molecular formula is C26H38N4O2. The maximum absolute atomic E-state index is 5.70. The van der Waals surface area contributed by atoms with Gasteiger partial charge in [0.15, 0.2) is 0 Å². The molecule has 174 valence electrons. The minimum atomic E-state index is 0.300. The Morgan fingerprint density at radius 2 is 1.78 bits per heavy atom. The van der Waals surface area contributed by atoms with Gasteiger partial charge in [-0.25, -0.2) is 0 Å². The van der Waals surface area contributed by atoms with E-state index < -0.39 is 0 Å². The topological polar surface area (TPSA) is 50.7 Å². The highest BCUT2D eigenvalue weighted by Crippen LogP contribution is 2.37. The molecule has 2 aromatic rings. The number of benzene rings is 1. The average molecular weight is 439 g/mol. The number of hydrogen-bond donors (Lipinski definition) is 0. The molecule has 0 bridgehead atoms. The lowest BCUT2D eigenvalue weighted by atomic mass is 9.93. The van der Waals surface area contributed by atoms with Crippen molar-refractivity contribution in [2.24, 2.45) is 0 Å². The number of aryl methyl sites for hydroxylation is 1. The van der Waals surface area contributed by atoms with Crippen molar-refractivity contribution in [3.05, 3.63) is 40.6 Å². The van der Waals surface area contributed by atoms with E-state index in [-0.39, 0.29) is 0 Å². The molecule has 4 rings (SSSR count). The summed E-state index contributed by atoms with van der Waals surface area (Å²) in [4.78, 5) is 14.6. The molecule has 1 fully saturated rings. The molecule has 0 radical (unpaired) electrons. The highest BCUT2D eigenvalue weighted by molar-refractivity contribution is 5.61. The Labute approximate surface area is 193 Å². The van der Waals surface area contributed by atoms with Gasteiger partial charge in [0, 0.05) is 50.0 Å². The Morgan fingerprint density at radius 1 is 1.06 bits per heavy atom. The van der Waals surface area contributed by atoms with E-state index >= 15 is 0 Å². The van der Waals surface area contributed by atoms with Crippen molar-refractivity contribution in [2.45, 2.75) is 84.5 Å². The van der Waals surface area contributed by atoms with E-state index in [2.05, 4.69) is 62.6 Å². The van der Waals surface area contributed by atoms with Gasteiger partial charge in [-0.15, -0.1) is 0 Å². The molecular weight excluding hydrogens is 400 g/mol. The highest BCUT2D eigenvalue weighted by atomic mass is 16.5. The number of aromatic nitrogens is 2. The molecule has 2 aliphatic rings. The summed E-state index contributed by atoms with van der Waals surface area (Å²) in [6.45, 7) is 13.0. The SMILES string of the molecule is COc1nc2c(c(N3[C@H](C)C[C@H](OC)C[C@@H]3C)n1)CN(c1cc(C(C)C)ccc1C)CC2. The molecule has 1 aromatic heterocycles. The standard InChI is InChI=1S/C26H38N4O2/c1-16(2)20-9-8-17(3)24(14-20)29-11-10-23-22(15-29)25(28-26(27-23)32-7)30-18(4)12-21(31-6)13-19(30)5/h8-9,14,16,18-19,21H,10-13,15H2,1-7H3/t18-,19+,21+. The van der Waals surface area contributed by atoms with Crippen LogP contribution in [0.15, 0.2) is 18.2 Å². The third-order valence-corrected chi connectivity index (χ3v) is 7.18. The molecule has 6 heteroatoms. The zero-order valence-corrected chi connectivity index (χ0v) is 20.7. The fourth-order valence-electron chi connectivity index (χ4n) is 5.34. The zero-order valence-electron chi connectivity index (χ0n) is 20.7. The predicted molar refractivity (Wildman–Crippen MR) is 130 cm³/mol. The van der Waals surface area contributed by atoms with E-state index in [1.165, 1.54) is 22.4 Å². The first-order valence-electron chi connectivity index (χ1n) is 11.9. The Bertz CT molecular complexity index is 949. The fraction of sp³-hybridized carbons (Fsp3) is 0.615. The van der Waals surface area contributed by atoms with Gasteiger partial charge >= 0.3 is 6.01 Å². The summed E-state index contributed by atoms with van der Waals surface area (Å²) < 4.78 is 11.2. The average Bonchev–Trinajstić information content (AvgIpc) is 2.78. The lowest BCUT2D eigenvalue weighted by Gasteiger charge is -2.44. The smallest absolute Gasteiger partial charge is 0.318 e. The maximum Gasteiger partial charge on any atom is 0.318 e. The number of piperidine rings is 1. The first kappa shape index (κ1) is 22.8. The van der Waals surface area contributed by atoms with Crippen LogP contribution in [-0.4, -0.2) is 48.9 Å². The summed E-state index contributed by atoms with van der Waals surface area (Å²) in [6.07, 6.45) is 3.19. The van der Waals surface area contributed by atoms with Gasteiger partial charge in [0.2, 0.25) is 0 Å². The van der Waals surface area contributed by atoms with Crippen molar-refractivity contribution in [2.75, 3.05) is 30.6 Å². The van der Waals surface area contributed by atoms with Crippen molar-refractivity contribution in [1.29, 1.82) is 0 Å². The summed E-state index contributed by atoms with van der Waals surface area (Å²) in [7, 11) is 3.48. The van der Waals surface area contributed by atoms with Crippen LogP contribution in [0.1, 0.15) is 68.8 Å². The van der Waals surface area contributed by atoms with Crippen LogP contribution < -0.4 is 14.5 Å². The van der Waals surface area contributed by atoms with Crippen LogP contribution in [0.2, 0.25) is 0 Å². The van der Waals surface area contributed by atoms with E-state index in [0.717, 1.165) is 43.9 Å². The van der Waals surface area contributed by atoms with Crippen molar-refractivity contribution in [3.63, 3.8) is 0 Å². The van der Waals surface area contributed by atoms with Crippen LogP contribution in [-0.2, 0) is 17.7 Å². The van der Waals surface area contributed by atoms with E-state index in [1.807, 2.05) is 7.11 Å². The molecule has 2 aliphatic heterocycles. The first-order valence-corrected chi connectivity index (χ1v) is 11.9. The third-order valence-electron chi connectivity index (χ3n) is 7.18. The molecule has 0 spiro atoms. The van der Waals surface area contributed by atoms with Gasteiger partial charge in [-0.2, -0.15) is 9.97 Å². The summed E-state index contributed by atoms with van der Waals surface area (Å²) in [6, 6.07) is 8.03. The number of methoxy groups -OCH3 is 2. The Kier molecular flexibility index (Phi) is 6.61. The second-order valence-corrected chi connectivity index (χ2v) is 9.77. The summed E-state index contributed by atoms with van der Waals surface area (Å²) in [5.41, 5.74) is 6.38. The minimum absolute atomic E-state index is 0.300. The van der Waals surface area contributed by atoms with Gasteiger partial charge in [0.05, 0.1) is 18.9 Å². The number of nitrogens with zero attached hydrogens (tertiary/aromatic N) is 4. The van der Waals surface area contributed by atoms with Crippen molar-refractivity contribution >= 4 is 11.5 Å². The first-order chi connectivity index (χ1) is 15.3. The van der Waals surface area contributed by atoms with Gasteiger partial charge in [-0.3, -0.25) is 0 Å². The van der Waals surface area contributed by atoms with E-state index in [0.29, 0.717) is 30.1 Å².